The van der Waals surface area contributed by atoms with Gasteiger partial charge < -0.3 is 15.3 Å². The Labute approximate surface area is 141 Å². The van der Waals surface area contributed by atoms with Gasteiger partial charge in [0.15, 0.2) is 0 Å². The van der Waals surface area contributed by atoms with Crippen molar-refractivity contribution in [3.8, 4) is 0 Å². The smallest absolute Gasteiger partial charge is 0.227 e. The highest BCUT2D eigenvalue weighted by Crippen LogP contribution is 2.30. The monoisotopic (exact) mass is 338 g/mol. The summed E-state index contributed by atoms with van der Waals surface area (Å²) in [7, 11) is 0. The van der Waals surface area contributed by atoms with Crippen LogP contribution in [0.25, 0.3) is 0 Å². The number of rotatable bonds is 6. The summed E-state index contributed by atoms with van der Waals surface area (Å²) in [5.74, 6) is -0.293. The first-order chi connectivity index (χ1) is 10.9. The number of hydrogen-bond donors (Lipinski definition) is 2. The fourth-order valence-electron chi connectivity index (χ4n) is 2.73. The van der Waals surface area contributed by atoms with E-state index >= 15 is 0 Å². The zero-order chi connectivity index (χ0) is 17.0. The number of benzene rings is 1. The van der Waals surface area contributed by atoms with Crippen LogP contribution >= 0.6 is 11.6 Å². The Morgan fingerprint density at radius 1 is 1.52 bits per heavy atom. The largest absolute Gasteiger partial charge is 0.396 e. The molecular formula is C17H23ClN2O3. The predicted molar refractivity (Wildman–Crippen MR) is 90.5 cm³/mol. The van der Waals surface area contributed by atoms with E-state index in [2.05, 4.69) is 5.32 Å². The fraction of sp³-hybridized carbons (Fsp3) is 0.529. The molecule has 0 spiro atoms. The molecule has 2 rings (SSSR count). The highest BCUT2D eigenvalue weighted by atomic mass is 35.5. The van der Waals surface area contributed by atoms with Crippen molar-refractivity contribution in [2.24, 2.45) is 11.8 Å². The van der Waals surface area contributed by atoms with Gasteiger partial charge >= 0.3 is 0 Å². The van der Waals surface area contributed by atoms with Crippen LogP contribution in [0.1, 0.15) is 25.3 Å². The molecule has 1 aliphatic rings. The first-order valence-electron chi connectivity index (χ1n) is 7.87. The molecule has 23 heavy (non-hydrogen) atoms. The van der Waals surface area contributed by atoms with Crippen molar-refractivity contribution in [3.63, 3.8) is 0 Å². The Bertz CT molecular complexity index is 591. The molecule has 0 aromatic heterocycles. The molecule has 1 aromatic rings. The summed E-state index contributed by atoms with van der Waals surface area (Å²) >= 11 is 6.02. The van der Waals surface area contributed by atoms with Gasteiger partial charge in [0.2, 0.25) is 11.8 Å². The van der Waals surface area contributed by atoms with Gasteiger partial charge in [0, 0.05) is 36.8 Å². The highest BCUT2D eigenvalue weighted by Gasteiger charge is 2.35. The van der Waals surface area contributed by atoms with Crippen molar-refractivity contribution < 1.29 is 14.7 Å². The zero-order valence-corrected chi connectivity index (χ0v) is 14.3. The highest BCUT2D eigenvalue weighted by molar-refractivity contribution is 6.31. The van der Waals surface area contributed by atoms with Gasteiger partial charge in [-0.3, -0.25) is 9.59 Å². The number of amides is 2. The van der Waals surface area contributed by atoms with Gasteiger partial charge in [-0.15, -0.1) is 0 Å². The van der Waals surface area contributed by atoms with Crippen molar-refractivity contribution in [2.45, 2.75) is 26.7 Å². The zero-order valence-electron chi connectivity index (χ0n) is 13.5. The van der Waals surface area contributed by atoms with E-state index in [9.17, 15) is 9.59 Å². The molecule has 2 amide bonds. The Kier molecular flexibility index (Phi) is 6.02. The Morgan fingerprint density at radius 3 is 2.96 bits per heavy atom. The number of hydrogen-bond acceptors (Lipinski definition) is 3. The number of halogens is 1. The van der Waals surface area contributed by atoms with Gasteiger partial charge in [-0.25, -0.2) is 0 Å². The van der Waals surface area contributed by atoms with Crippen molar-refractivity contribution in [2.75, 3.05) is 24.6 Å². The third-order valence-electron chi connectivity index (χ3n) is 4.20. The maximum atomic E-state index is 12.3. The molecule has 0 saturated carbocycles. The Balaban J connectivity index is 1.99. The van der Waals surface area contributed by atoms with Crippen LogP contribution in [0.15, 0.2) is 18.2 Å². The maximum Gasteiger partial charge on any atom is 0.227 e. The molecule has 126 valence electrons. The van der Waals surface area contributed by atoms with Crippen LogP contribution < -0.4 is 10.2 Å². The lowest BCUT2D eigenvalue weighted by atomic mass is 10.1. The van der Waals surface area contributed by atoms with Crippen LogP contribution in [0.5, 0.6) is 0 Å². The minimum Gasteiger partial charge on any atom is -0.396 e. The number of nitrogens with zero attached hydrogens (tertiary/aromatic N) is 1. The van der Waals surface area contributed by atoms with Crippen molar-refractivity contribution in [1.29, 1.82) is 0 Å². The maximum absolute atomic E-state index is 12.3. The van der Waals surface area contributed by atoms with Gasteiger partial charge in [0.1, 0.15) is 0 Å². The third-order valence-corrected chi connectivity index (χ3v) is 4.44. The Morgan fingerprint density at radius 2 is 2.26 bits per heavy atom. The summed E-state index contributed by atoms with van der Waals surface area (Å²) in [6.45, 7) is 4.89. The normalized spacial score (nSPS) is 19.0. The lowest BCUT2D eigenvalue weighted by molar-refractivity contribution is -0.126. The predicted octanol–water partition coefficient (Wildman–Crippen LogP) is 2.14. The van der Waals surface area contributed by atoms with Crippen LogP contribution in [0.4, 0.5) is 5.69 Å². The summed E-state index contributed by atoms with van der Waals surface area (Å²) in [6, 6.07) is 5.42. The van der Waals surface area contributed by atoms with E-state index in [1.54, 1.807) is 17.0 Å². The van der Waals surface area contributed by atoms with E-state index in [4.69, 9.17) is 16.7 Å². The van der Waals surface area contributed by atoms with Crippen LogP contribution in [0, 0.1) is 18.8 Å². The molecule has 1 heterocycles. The van der Waals surface area contributed by atoms with Gasteiger partial charge in [0.25, 0.3) is 0 Å². The molecule has 2 unspecified atom stereocenters. The molecule has 1 aliphatic heterocycles. The fourth-order valence-corrected chi connectivity index (χ4v) is 2.90. The number of aliphatic hydroxyl groups excluding tert-OH is 1. The average molecular weight is 339 g/mol. The van der Waals surface area contributed by atoms with E-state index in [1.807, 2.05) is 19.9 Å². The second-order valence-corrected chi connectivity index (χ2v) is 6.64. The van der Waals surface area contributed by atoms with Gasteiger partial charge in [-0.2, -0.15) is 0 Å². The minimum absolute atomic E-state index is 0.0566. The molecule has 0 bridgehead atoms. The van der Waals surface area contributed by atoms with E-state index in [0.717, 1.165) is 11.3 Å². The van der Waals surface area contributed by atoms with Crippen LogP contribution in [0.2, 0.25) is 5.02 Å². The first kappa shape index (κ1) is 17.8. The molecule has 0 radical (unpaired) electrons. The van der Waals surface area contributed by atoms with Crippen molar-refractivity contribution in [3.05, 3.63) is 28.8 Å². The quantitative estimate of drug-likeness (QED) is 0.835. The van der Waals surface area contributed by atoms with Crippen LogP contribution in [-0.4, -0.2) is 36.6 Å². The minimum atomic E-state index is -0.345. The molecule has 1 saturated heterocycles. The summed E-state index contributed by atoms with van der Waals surface area (Å²) in [6.07, 6.45) is 0.865. The standard InChI is InChI=1S/C17H23ClN2O3/c1-11(5-6-21)9-19-17(23)13-7-16(22)20(10-13)15-8-14(18)4-3-12(15)2/h3-4,8,11,13,21H,5-7,9-10H2,1-2H3,(H,19,23). The molecule has 1 aromatic carbocycles. The molecule has 5 nitrogen and oxygen atoms in total. The van der Waals surface area contributed by atoms with Gasteiger partial charge in [-0.05, 0) is 37.0 Å². The number of nitrogens with one attached hydrogen (secondary N) is 1. The van der Waals surface area contributed by atoms with E-state index < -0.39 is 0 Å². The molecule has 2 N–H and O–H groups in total. The topological polar surface area (TPSA) is 69.6 Å². The number of carbonyl (C=O) groups is 2. The number of carbonyl (C=O) groups excluding carboxylic acids is 2. The third kappa shape index (κ3) is 4.45. The lowest BCUT2D eigenvalue weighted by Gasteiger charge is -2.19. The summed E-state index contributed by atoms with van der Waals surface area (Å²) in [5, 5.41) is 12.3. The number of aryl methyl sites for hydroxylation is 1. The SMILES string of the molecule is Cc1ccc(Cl)cc1N1CC(C(=O)NCC(C)CCO)CC1=O. The molecule has 0 aliphatic carbocycles. The average Bonchev–Trinajstić information content (AvgIpc) is 2.89. The lowest BCUT2D eigenvalue weighted by Crippen LogP contribution is -2.35. The van der Waals surface area contributed by atoms with Gasteiger partial charge in [-0.1, -0.05) is 24.6 Å². The molecule has 6 heteroatoms. The summed E-state index contributed by atoms with van der Waals surface area (Å²) in [5.41, 5.74) is 1.73. The van der Waals surface area contributed by atoms with Gasteiger partial charge in [0.05, 0.1) is 5.92 Å². The summed E-state index contributed by atoms with van der Waals surface area (Å²) < 4.78 is 0. The molecular weight excluding hydrogens is 316 g/mol. The van der Waals surface area contributed by atoms with E-state index in [-0.39, 0.29) is 36.7 Å². The van der Waals surface area contributed by atoms with Crippen molar-refractivity contribution in [1.82, 2.24) is 5.32 Å². The summed E-state index contributed by atoms with van der Waals surface area (Å²) in [4.78, 5) is 26.2. The van der Waals surface area contributed by atoms with Crippen LogP contribution in [0.3, 0.4) is 0 Å². The first-order valence-corrected chi connectivity index (χ1v) is 8.25. The Hall–Kier alpha value is -1.59. The molecule has 1 fully saturated rings. The van der Waals surface area contributed by atoms with Crippen LogP contribution in [-0.2, 0) is 9.59 Å². The second kappa shape index (κ2) is 7.79. The van der Waals surface area contributed by atoms with Crippen molar-refractivity contribution >= 4 is 29.1 Å². The van der Waals surface area contributed by atoms with E-state index in [0.29, 0.717) is 24.5 Å². The second-order valence-electron chi connectivity index (χ2n) is 6.20. The molecule has 2 atom stereocenters. The number of aliphatic hydroxyl groups is 1. The number of anilines is 1. The van der Waals surface area contributed by atoms with E-state index in [1.165, 1.54) is 0 Å².